The lowest BCUT2D eigenvalue weighted by molar-refractivity contribution is -0.181. The van der Waals surface area contributed by atoms with Gasteiger partial charge in [0.2, 0.25) is 0 Å². The molecule has 182 valence electrons. The highest BCUT2D eigenvalue weighted by Gasteiger charge is 2.63. The fourth-order valence-corrected chi connectivity index (χ4v) is 9.13. The van der Waals surface area contributed by atoms with Crippen molar-refractivity contribution in [1.29, 1.82) is 0 Å². The summed E-state index contributed by atoms with van der Waals surface area (Å²) in [6, 6.07) is 0. The van der Waals surface area contributed by atoms with Crippen LogP contribution in [-0.4, -0.2) is 36.4 Å². The van der Waals surface area contributed by atoms with Crippen LogP contribution in [0.5, 0.6) is 0 Å². The van der Waals surface area contributed by atoms with Crippen LogP contribution in [0.2, 0.25) is 0 Å². The molecule has 32 heavy (non-hydrogen) atoms. The Labute approximate surface area is 194 Å². The van der Waals surface area contributed by atoms with Gasteiger partial charge in [-0.1, -0.05) is 20.8 Å². The lowest BCUT2D eigenvalue weighted by Gasteiger charge is -2.62. The van der Waals surface area contributed by atoms with Crippen LogP contribution in [0.1, 0.15) is 91.9 Å². The molecule has 10 atom stereocenters. The van der Waals surface area contributed by atoms with Crippen LogP contribution in [0.4, 0.5) is 0 Å². The minimum atomic E-state index is -0.274. The maximum absolute atomic E-state index is 11.7. The molecule has 0 aromatic carbocycles. The Morgan fingerprint density at radius 1 is 1.06 bits per heavy atom. The molecule has 5 nitrogen and oxygen atoms in total. The first-order valence-corrected chi connectivity index (χ1v) is 13.0. The number of hydrogen-bond donors (Lipinski definition) is 1. The fraction of sp³-hybridized carbons (Fsp3) is 0.926. The summed E-state index contributed by atoms with van der Waals surface area (Å²) < 4.78 is 10.5. The zero-order valence-corrected chi connectivity index (χ0v) is 20.8. The Morgan fingerprint density at radius 2 is 1.81 bits per heavy atom. The van der Waals surface area contributed by atoms with Gasteiger partial charge in [-0.15, -0.1) is 0 Å². The molecule has 0 aromatic rings. The number of rotatable bonds is 5. The molecule has 0 saturated heterocycles. The summed E-state index contributed by atoms with van der Waals surface area (Å²) in [5.74, 6) is 3.02. The molecular formula is C27H44O5. The normalized spacial score (nSPS) is 46.4. The van der Waals surface area contributed by atoms with Crippen molar-refractivity contribution >= 4 is 11.9 Å². The molecule has 4 saturated carbocycles. The lowest BCUT2D eigenvalue weighted by atomic mass is 9.43. The molecule has 1 N–H and O–H groups in total. The summed E-state index contributed by atoms with van der Waals surface area (Å²) in [7, 11) is 1.46. The van der Waals surface area contributed by atoms with E-state index in [0.29, 0.717) is 41.9 Å². The summed E-state index contributed by atoms with van der Waals surface area (Å²) in [4.78, 5) is 23.2. The smallest absolute Gasteiger partial charge is 0.305 e. The van der Waals surface area contributed by atoms with Gasteiger partial charge in [-0.2, -0.15) is 0 Å². The van der Waals surface area contributed by atoms with Gasteiger partial charge in [0.05, 0.1) is 13.2 Å². The first kappa shape index (κ1) is 24.0. The highest BCUT2D eigenvalue weighted by Crippen LogP contribution is 2.68. The molecule has 0 heterocycles. The van der Waals surface area contributed by atoms with Crippen LogP contribution >= 0.6 is 0 Å². The summed E-state index contributed by atoms with van der Waals surface area (Å²) in [5, 5.41) is 11.6. The molecule has 4 aliphatic rings. The third-order valence-electron chi connectivity index (χ3n) is 10.8. The second kappa shape index (κ2) is 8.92. The van der Waals surface area contributed by atoms with Crippen LogP contribution in [0.3, 0.4) is 0 Å². The molecule has 0 radical (unpaired) electrons. The Hall–Kier alpha value is -1.10. The topological polar surface area (TPSA) is 72.8 Å². The van der Waals surface area contributed by atoms with Crippen LogP contribution in [-0.2, 0) is 19.1 Å². The Kier molecular flexibility index (Phi) is 6.70. The van der Waals surface area contributed by atoms with Gasteiger partial charge in [-0.3, -0.25) is 9.59 Å². The number of aliphatic hydroxyl groups excluding tert-OH is 1. The van der Waals surface area contributed by atoms with Crippen molar-refractivity contribution in [3.8, 4) is 0 Å². The van der Waals surface area contributed by atoms with E-state index in [0.717, 1.165) is 32.1 Å². The number of aliphatic hydroxyl groups is 1. The van der Waals surface area contributed by atoms with Gasteiger partial charge >= 0.3 is 11.9 Å². The van der Waals surface area contributed by atoms with E-state index >= 15 is 0 Å². The number of fused-ring (bicyclic) bond motifs is 5. The number of esters is 2. The second-order valence-corrected chi connectivity index (χ2v) is 12.1. The highest BCUT2D eigenvalue weighted by atomic mass is 16.5. The van der Waals surface area contributed by atoms with Crippen molar-refractivity contribution < 1.29 is 24.2 Å². The molecule has 4 rings (SSSR count). The Morgan fingerprint density at radius 3 is 2.50 bits per heavy atom. The largest absolute Gasteiger partial charge is 0.469 e. The number of carbonyl (C=O) groups excluding carboxylic acids is 2. The van der Waals surface area contributed by atoms with Crippen molar-refractivity contribution in [2.24, 2.45) is 46.3 Å². The molecule has 0 aliphatic heterocycles. The van der Waals surface area contributed by atoms with E-state index in [2.05, 4.69) is 20.8 Å². The molecule has 0 amide bonds. The van der Waals surface area contributed by atoms with Crippen molar-refractivity contribution in [1.82, 2.24) is 0 Å². The maximum Gasteiger partial charge on any atom is 0.305 e. The van der Waals surface area contributed by atoms with E-state index in [-0.39, 0.29) is 35.0 Å². The molecule has 4 aliphatic carbocycles. The number of hydrogen-bond acceptors (Lipinski definition) is 5. The molecule has 5 heteroatoms. The minimum Gasteiger partial charge on any atom is -0.469 e. The van der Waals surface area contributed by atoms with E-state index in [9.17, 15) is 14.7 Å². The van der Waals surface area contributed by atoms with Crippen LogP contribution in [0.15, 0.2) is 0 Å². The summed E-state index contributed by atoms with van der Waals surface area (Å²) >= 11 is 0. The van der Waals surface area contributed by atoms with Crippen LogP contribution in [0, 0.1) is 46.3 Å². The number of methoxy groups -OCH3 is 1. The SMILES string of the molecule is COC(=O)CC[C@H](C)[C@H]1CC[C@H]2[C@@H]3CC[C@@H]4C[C@H](OC(C)=O)CC[C@]4(C)[C@H]3C[C@H](O)[C@]12C. The van der Waals surface area contributed by atoms with Crippen molar-refractivity contribution in [2.45, 2.75) is 104 Å². The average Bonchev–Trinajstić information content (AvgIpc) is 3.11. The molecule has 4 fully saturated rings. The third kappa shape index (κ3) is 3.91. The van der Waals surface area contributed by atoms with Gasteiger partial charge in [0.15, 0.2) is 0 Å². The first-order valence-electron chi connectivity index (χ1n) is 13.0. The average molecular weight is 449 g/mol. The van der Waals surface area contributed by atoms with Gasteiger partial charge in [-0.05, 0) is 104 Å². The Balaban J connectivity index is 1.50. The minimum absolute atomic E-state index is 0.0468. The van der Waals surface area contributed by atoms with Gasteiger partial charge in [-0.25, -0.2) is 0 Å². The predicted molar refractivity (Wildman–Crippen MR) is 123 cm³/mol. The van der Waals surface area contributed by atoms with E-state index in [4.69, 9.17) is 9.47 Å². The zero-order valence-electron chi connectivity index (χ0n) is 20.8. The highest BCUT2D eigenvalue weighted by molar-refractivity contribution is 5.69. The van der Waals surface area contributed by atoms with Gasteiger partial charge in [0, 0.05) is 13.3 Å². The van der Waals surface area contributed by atoms with Crippen LogP contribution in [0.25, 0.3) is 0 Å². The van der Waals surface area contributed by atoms with E-state index < -0.39 is 0 Å². The van der Waals surface area contributed by atoms with E-state index in [1.165, 1.54) is 39.7 Å². The molecule has 0 bridgehead atoms. The molecular weight excluding hydrogens is 404 g/mol. The number of ether oxygens (including phenoxy) is 2. The Bertz CT molecular complexity index is 721. The predicted octanol–water partition coefficient (Wildman–Crippen LogP) is 5.14. The van der Waals surface area contributed by atoms with Crippen molar-refractivity contribution in [3.05, 3.63) is 0 Å². The molecule has 0 unspecified atom stereocenters. The molecule has 0 aromatic heterocycles. The van der Waals surface area contributed by atoms with Crippen LogP contribution < -0.4 is 0 Å². The fourth-order valence-electron chi connectivity index (χ4n) is 9.13. The quantitative estimate of drug-likeness (QED) is 0.590. The first-order chi connectivity index (χ1) is 15.1. The summed E-state index contributed by atoms with van der Waals surface area (Å²) in [6.45, 7) is 8.62. The number of carbonyl (C=O) groups is 2. The maximum atomic E-state index is 11.7. The lowest BCUT2D eigenvalue weighted by Crippen LogP contribution is -2.59. The van der Waals surface area contributed by atoms with Gasteiger partial charge in [0.25, 0.3) is 0 Å². The van der Waals surface area contributed by atoms with Gasteiger partial charge < -0.3 is 14.6 Å². The van der Waals surface area contributed by atoms with Gasteiger partial charge in [0.1, 0.15) is 6.10 Å². The summed E-state index contributed by atoms with van der Waals surface area (Å²) in [6.07, 6.45) is 9.92. The van der Waals surface area contributed by atoms with E-state index in [1.54, 1.807) is 0 Å². The van der Waals surface area contributed by atoms with E-state index in [1.807, 2.05) is 0 Å². The zero-order chi connectivity index (χ0) is 23.3. The summed E-state index contributed by atoms with van der Waals surface area (Å²) in [5.41, 5.74) is 0.200. The molecule has 0 spiro atoms. The standard InChI is InChI=1S/C27H44O5/c1-16(6-11-25(30)31-5)21-9-10-22-20-8-7-18-14-19(32-17(2)28)12-13-26(18,3)23(20)15-24(29)27(21,22)4/h16,18-24,29H,6-15H2,1-5H3/t16-,18+,19+,20-,21+,22-,23-,24-,26-,27+/m0/s1. The second-order valence-electron chi connectivity index (χ2n) is 12.1. The van der Waals surface area contributed by atoms with Crippen molar-refractivity contribution in [3.63, 3.8) is 0 Å². The monoisotopic (exact) mass is 448 g/mol. The van der Waals surface area contributed by atoms with Crippen molar-refractivity contribution in [2.75, 3.05) is 7.11 Å². The third-order valence-corrected chi connectivity index (χ3v) is 10.8.